The van der Waals surface area contributed by atoms with Gasteiger partial charge in [0.15, 0.2) is 0 Å². The van der Waals surface area contributed by atoms with Crippen molar-refractivity contribution in [2.75, 3.05) is 25.5 Å². The van der Waals surface area contributed by atoms with Gasteiger partial charge in [-0.25, -0.2) is 4.79 Å². The van der Waals surface area contributed by atoms with Crippen molar-refractivity contribution < 1.29 is 14.3 Å². The quantitative estimate of drug-likeness (QED) is 0.204. The Labute approximate surface area is 224 Å². The van der Waals surface area contributed by atoms with Crippen LogP contribution in [0.5, 0.6) is 0 Å². The topological polar surface area (TPSA) is 80.3 Å². The number of aromatic nitrogens is 1. The van der Waals surface area contributed by atoms with Crippen LogP contribution < -0.4 is 10.6 Å². The summed E-state index contributed by atoms with van der Waals surface area (Å²) in [6, 6.07) is 12.5. The number of carbonyl (C=O) groups is 2. The van der Waals surface area contributed by atoms with Crippen molar-refractivity contribution in [2.24, 2.45) is 0 Å². The first-order valence-electron chi connectivity index (χ1n) is 13.4. The Hall–Kier alpha value is -3.12. The summed E-state index contributed by atoms with van der Waals surface area (Å²) in [4.78, 5) is 28.7. The highest BCUT2D eigenvalue weighted by molar-refractivity contribution is 6.31. The molecule has 0 aliphatic heterocycles. The number of esters is 1. The standard InChI is InChI=1S/C30H36ClN3O3/c1-37-30(36)22-14-12-21(13-15-22)29(35)33-19-9-5-3-2-4-8-18-32-28-24-10-6-7-11-26(24)34-27-20-23(31)16-17-25(27)28/h12-17,20H,2-11,18-19H2,1H3,(H,32,34)(H,33,35). The number of hydrogen-bond acceptors (Lipinski definition) is 5. The number of anilines is 1. The number of benzene rings is 2. The second-order valence-corrected chi connectivity index (χ2v) is 10.1. The number of nitrogens with one attached hydrogen (secondary N) is 2. The van der Waals surface area contributed by atoms with E-state index in [0.29, 0.717) is 17.7 Å². The third-order valence-electron chi connectivity index (χ3n) is 6.98. The van der Waals surface area contributed by atoms with Gasteiger partial charge < -0.3 is 15.4 Å². The maximum atomic E-state index is 12.3. The van der Waals surface area contributed by atoms with Crippen molar-refractivity contribution >= 4 is 40.1 Å². The molecule has 2 aromatic carbocycles. The summed E-state index contributed by atoms with van der Waals surface area (Å²) in [5.41, 5.74) is 5.85. The molecule has 196 valence electrons. The normalized spacial score (nSPS) is 12.7. The van der Waals surface area contributed by atoms with Gasteiger partial charge in [0.1, 0.15) is 0 Å². The highest BCUT2D eigenvalue weighted by atomic mass is 35.5. The number of pyridine rings is 1. The van der Waals surface area contributed by atoms with Gasteiger partial charge in [-0.15, -0.1) is 0 Å². The molecule has 7 heteroatoms. The number of rotatable bonds is 12. The lowest BCUT2D eigenvalue weighted by Crippen LogP contribution is -2.24. The Morgan fingerprint density at radius 2 is 1.57 bits per heavy atom. The fourth-order valence-corrected chi connectivity index (χ4v) is 5.12. The molecule has 0 bridgehead atoms. The van der Waals surface area contributed by atoms with Crippen molar-refractivity contribution in [2.45, 2.75) is 64.2 Å². The monoisotopic (exact) mass is 521 g/mol. The molecule has 1 aliphatic carbocycles. The van der Waals surface area contributed by atoms with Gasteiger partial charge in [-0.05, 0) is 86.6 Å². The van der Waals surface area contributed by atoms with Gasteiger partial charge in [-0.2, -0.15) is 0 Å². The van der Waals surface area contributed by atoms with Gasteiger partial charge in [0.25, 0.3) is 5.91 Å². The van der Waals surface area contributed by atoms with E-state index < -0.39 is 5.97 Å². The summed E-state index contributed by atoms with van der Waals surface area (Å²) in [5, 5.41) is 8.59. The van der Waals surface area contributed by atoms with Crippen molar-refractivity contribution in [1.82, 2.24) is 10.3 Å². The molecule has 0 fully saturated rings. The summed E-state index contributed by atoms with van der Waals surface area (Å²) in [6.45, 7) is 1.61. The number of nitrogens with zero attached hydrogens (tertiary/aromatic N) is 1. The van der Waals surface area contributed by atoms with Crippen LogP contribution in [0.25, 0.3) is 10.9 Å². The first-order chi connectivity index (χ1) is 18.1. The largest absolute Gasteiger partial charge is 0.465 e. The van der Waals surface area contributed by atoms with E-state index in [2.05, 4.69) is 21.4 Å². The zero-order chi connectivity index (χ0) is 26.0. The van der Waals surface area contributed by atoms with Gasteiger partial charge in [0.05, 0.1) is 18.2 Å². The molecule has 0 unspecified atom stereocenters. The molecule has 0 spiro atoms. The van der Waals surface area contributed by atoms with E-state index >= 15 is 0 Å². The fourth-order valence-electron chi connectivity index (χ4n) is 4.95. The van der Waals surface area contributed by atoms with Crippen molar-refractivity contribution in [3.8, 4) is 0 Å². The van der Waals surface area contributed by atoms with Crippen LogP contribution >= 0.6 is 11.6 Å². The van der Waals surface area contributed by atoms with Crippen LogP contribution in [0.2, 0.25) is 5.02 Å². The van der Waals surface area contributed by atoms with Crippen LogP contribution in [0.15, 0.2) is 42.5 Å². The predicted octanol–water partition coefficient (Wildman–Crippen LogP) is 6.74. The van der Waals surface area contributed by atoms with Crippen LogP contribution in [0.4, 0.5) is 5.69 Å². The van der Waals surface area contributed by atoms with E-state index in [9.17, 15) is 9.59 Å². The molecule has 3 aromatic rings. The lowest BCUT2D eigenvalue weighted by molar-refractivity contribution is 0.0600. The fraction of sp³-hybridized carbons (Fsp3) is 0.433. The number of carbonyl (C=O) groups excluding carboxylic acids is 2. The van der Waals surface area contributed by atoms with Crippen LogP contribution in [-0.2, 0) is 17.6 Å². The summed E-state index contributed by atoms with van der Waals surface area (Å²) in [5.74, 6) is -0.520. The average molecular weight is 522 g/mol. The lowest BCUT2D eigenvalue weighted by atomic mass is 9.92. The van der Waals surface area contributed by atoms with E-state index in [-0.39, 0.29) is 5.91 Å². The molecule has 0 saturated carbocycles. The SMILES string of the molecule is COC(=O)c1ccc(C(=O)NCCCCCCCCNc2c3c(nc4cc(Cl)ccc24)CCCC3)cc1. The molecule has 6 nitrogen and oxygen atoms in total. The maximum Gasteiger partial charge on any atom is 0.337 e. The van der Waals surface area contributed by atoms with Crippen molar-refractivity contribution in [1.29, 1.82) is 0 Å². The molecule has 1 aliphatic rings. The molecule has 37 heavy (non-hydrogen) atoms. The Bertz CT molecular complexity index is 1230. The number of amides is 1. The Morgan fingerprint density at radius 3 is 2.32 bits per heavy atom. The van der Waals surface area contributed by atoms with E-state index in [1.165, 1.54) is 55.1 Å². The second kappa shape index (κ2) is 13.4. The van der Waals surface area contributed by atoms with Crippen LogP contribution in [0.1, 0.15) is 83.3 Å². The summed E-state index contributed by atoms with van der Waals surface area (Å²) in [6.07, 6.45) is 11.3. The summed E-state index contributed by atoms with van der Waals surface area (Å²) in [7, 11) is 1.34. The molecule has 1 amide bonds. The van der Waals surface area contributed by atoms with Gasteiger partial charge in [0.2, 0.25) is 0 Å². The van der Waals surface area contributed by atoms with Gasteiger partial charge >= 0.3 is 5.97 Å². The first kappa shape index (κ1) is 26.9. The second-order valence-electron chi connectivity index (χ2n) is 9.65. The number of methoxy groups -OCH3 is 1. The molecule has 1 heterocycles. The number of halogens is 1. The Kier molecular flexibility index (Phi) is 9.78. The molecule has 0 saturated heterocycles. The van der Waals surface area contributed by atoms with Gasteiger partial charge in [0, 0.05) is 40.4 Å². The third kappa shape index (κ3) is 7.22. The minimum absolute atomic E-state index is 0.115. The summed E-state index contributed by atoms with van der Waals surface area (Å²) >= 11 is 6.23. The average Bonchev–Trinajstić information content (AvgIpc) is 2.92. The van der Waals surface area contributed by atoms with Crippen LogP contribution in [0, 0.1) is 0 Å². The zero-order valence-corrected chi connectivity index (χ0v) is 22.3. The molecule has 0 radical (unpaired) electrons. The van der Waals surface area contributed by atoms with E-state index in [4.69, 9.17) is 16.6 Å². The lowest BCUT2D eigenvalue weighted by Gasteiger charge is -2.22. The van der Waals surface area contributed by atoms with Gasteiger partial charge in [-0.1, -0.05) is 37.3 Å². The minimum Gasteiger partial charge on any atom is -0.465 e. The molecule has 2 N–H and O–H groups in total. The number of ether oxygens (including phenoxy) is 1. The van der Waals surface area contributed by atoms with Gasteiger partial charge in [-0.3, -0.25) is 9.78 Å². The Morgan fingerprint density at radius 1 is 0.892 bits per heavy atom. The van der Waals surface area contributed by atoms with E-state index in [1.807, 2.05) is 12.1 Å². The molecule has 4 rings (SSSR count). The highest BCUT2D eigenvalue weighted by Crippen LogP contribution is 2.34. The highest BCUT2D eigenvalue weighted by Gasteiger charge is 2.18. The number of fused-ring (bicyclic) bond motifs is 2. The smallest absolute Gasteiger partial charge is 0.337 e. The third-order valence-corrected chi connectivity index (χ3v) is 7.22. The molecular formula is C30H36ClN3O3. The van der Waals surface area contributed by atoms with Crippen LogP contribution in [-0.4, -0.2) is 37.1 Å². The Balaban J connectivity index is 1.12. The van der Waals surface area contributed by atoms with Crippen molar-refractivity contribution in [3.05, 3.63) is 69.9 Å². The molecular weight excluding hydrogens is 486 g/mol. The predicted molar refractivity (Wildman–Crippen MR) is 150 cm³/mol. The maximum absolute atomic E-state index is 12.3. The number of hydrogen-bond donors (Lipinski definition) is 2. The van der Waals surface area contributed by atoms with Crippen molar-refractivity contribution in [3.63, 3.8) is 0 Å². The number of unbranched alkanes of at least 4 members (excludes halogenated alkanes) is 5. The zero-order valence-electron chi connectivity index (χ0n) is 21.6. The molecule has 1 aromatic heterocycles. The summed E-state index contributed by atoms with van der Waals surface area (Å²) < 4.78 is 4.68. The van der Waals surface area contributed by atoms with E-state index in [1.54, 1.807) is 24.3 Å². The first-order valence-corrected chi connectivity index (χ1v) is 13.8. The van der Waals surface area contributed by atoms with E-state index in [0.717, 1.165) is 55.6 Å². The minimum atomic E-state index is -0.405. The number of aryl methyl sites for hydroxylation is 1. The van der Waals surface area contributed by atoms with Crippen LogP contribution in [0.3, 0.4) is 0 Å². The molecule has 0 atom stereocenters.